The first-order chi connectivity index (χ1) is 9.24. The van der Waals surface area contributed by atoms with Crippen LogP contribution in [-0.2, 0) is 13.1 Å². The SMILES string of the molecule is O=C(NN1Cc2ccccc2C1)c1ccc[nH]c1=S. The summed E-state index contributed by atoms with van der Waals surface area (Å²) >= 11 is 5.10. The number of nitrogens with one attached hydrogen (secondary N) is 2. The summed E-state index contributed by atoms with van der Waals surface area (Å²) in [5, 5.41) is 1.90. The highest BCUT2D eigenvalue weighted by Crippen LogP contribution is 2.20. The Morgan fingerprint density at radius 1 is 1.16 bits per heavy atom. The van der Waals surface area contributed by atoms with Crippen molar-refractivity contribution in [3.05, 3.63) is 63.9 Å². The van der Waals surface area contributed by atoms with Crippen LogP contribution in [0.25, 0.3) is 0 Å². The van der Waals surface area contributed by atoms with E-state index in [9.17, 15) is 4.79 Å². The minimum absolute atomic E-state index is 0.172. The maximum absolute atomic E-state index is 12.1. The van der Waals surface area contributed by atoms with Gasteiger partial charge in [-0.25, -0.2) is 5.01 Å². The molecule has 1 amide bonds. The molecule has 0 aliphatic carbocycles. The molecule has 0 saturated carbocycles. The van der Waals surface area contributed by atoms with Crippen LogP contribution in [0, 0.1) is 4.64 Å². The summed E-state index contributed by atoms with van der Waals surface area (Å²) in [6.07, 6.45) is 1.71. The molecular weight excluding hydrogens is 258 g/mol. The fourth-order valence-electron chi connectivity index (χ4n) is 2.22. The minimum atomic E-state index is -0.172. The van der Waals surface area contributed by atoms with Gasteiger partial charge in [-0.05, 0) is 23.3 Å². The molecule has 0 bridgehead atoms. The zero-order chi connectivity index (χ0) is 13.2. The highest BCUT2D eigenvalue weighted by molar-refractivity contribution is 7.71. The second kappa shape index (κ2) is 4.95. The molecule has 2 aromatic rings. The molecule has 0 unspecified atom stereocenters. The molecule has 2 N–H and O–H groups in total. The smallest absolute Gasteiger partial charge is 0.268 e. The average Bonchev–Trinajstić information content (AvgIpc) is 2.81. The highest BCUT2D eigenvalue weighted by Gasteiger charge is 2.20. The standard InChI is InChI=1S/C14H13N3OS/c18-13(12-6-3-7-15-14(12)19)16-17-8-10-4-1-2-5-11(10)9-17/h1-7H,8-9H2,(H,15,19)(H,16,18). The van der Waals surface area contributed by atoms with Crippen LogP contribution in [0.15, 0.2) is 42.6 Å². The van der Waals surface area contributed by atoms with E-state index in [2.05, 4.69) is 22.5 Å². The lowest BCUT2D eigenvalue weighted by molar-refractivity contribution is 0.0783. The van der Waals surface area contributed by atoms with Crippen LogP contribution in [-0.4, -0.2) is 15.9 Å². The summed E-state index contributed by atoms with van der Waals surface area (Å²) in [5.41, 5.74) is 5.89. The van der Waals surface area contributed by atoms with Crippen LogP contribution in [0.3, 0.4) is 0 Å². The summed E-state index contributed by atoms with van der Waals surface area (Å²) in [5.74, 6) is -0.172. The third kappa shape index (κ3) is 2.43. The monoisotopic (exact) mass is 271 g/mol. The number of benzene rings is 1. The molecule has 96 valence electrons. The number of aromatic nitrogens is 1. The van der Waals surface area contributed by atoms with E-state index in [1.807, 2.05) is 17.1 Å². The van der Waals surface area contributed by atoms with Crippen molar-refractivity contribution >= 4 is 18.1 Å². The van der Waals surface area contributed by atoms with Gasteiger partial charge >= 0.3 is 0 Å². The van der Waals surface area contributed by atoms with Crippen molar-refractivity contribution in [1.82, 2.24) is 15.4 Å². The Morgan fingerprint density at radius 2 is 1.84 bits per heavy atom. The number of fused-ring (bicyclic) bond motifs is 1. The molecule has 1 aromatic heterocycles. The third-order valence-corrected chi connectivity index (χ3v) is 3.50. The first kappa shape index (κ1) is 12.1. The van der Waals surface area contributed by atoms with E-state index in [1.165, 1.54) is 11.1 Å². The molecule has 19 heavy (non-hydrogen) atoms. The zero-order valence-corrected chi connectivity index (χ0v) is 11.0. The Bertz CT molecular complexity index is 655. The van der Waals surface area contributed by atoms with Gasteiger partial charge in [0.05, 0.1) is 5.56 Å². The maximum Gasteiger partial charge on any atom is 0.268 e. The molecule has 0 saturated heterocycles. The number of pyridine rings is 1. The molecule has 1 aromatic carbocycles. The van der Waals surface area contributed by atoms with Gasteiger partial charge in [-0.1, -0.05) is 36.5 Å². The number of aromatic amines is 1. The quantitative estimate of drug-likeness (QED) is 0.825. The van der Waals surface area contributed by atoms with Crippen molar-refractivity contribution < 1.29 is 4.79 Å². The first-order valence-corrected chi connectivity index (χ1v) is 6.45. The number of hydrogen-bond acceptors (Lipinski definition) is 3. The number of carbonyl (C=O) groups excluding carboxylic acids is 1. The molecule has 1 aliphatic rings. The number of carbonyl (C=O) groups is 1. The Hall–Kier alpha value is -1.98. The van der Waals surface area contributed by atoms with Crippen LogP contribution in [0.5, 0.6) is 0 Å². The topological polar surface area (TPSA) is 48.1 Å². The number of hydrogen-bond donors (Lipinski definition) is 2. The lowest BCUT2D eigenvalue weighted by Crippen LogP contribution is -2.38. The van der Waals surface area contributed by atoms with Crippen LogP contribution in [0.4, 0.5) is 0 Å². The number of amides is 1. The minimum Gasteiger partial charge on any atom is -0.352 e. The van der Waals surface area contributed by atoms with Crippen molar-refractivity contribution in [3.8, 4) is 0 Å². The first-order valence-electron chi connectivity index (χ1n) is 6.04. The summed E-state index contributed by atoms with van der Waals surface area (Å²) in [6, 6.07) is 11.7. The average molecular weight is 271 g/mol. The largest absolute Gasteiger partial charge is 0.352 e. The molecule has 0 radical (unpaired) electrons. The summed E-state index contributed by atoms with van der Waals surface area (Å²) in [7, 11) is 0. The summed E-state index contributed by atoms with van der Waals surface area (Å²) in [4.78, 5) is 15.0. The normalized spacial score (nSPS) is 14.1. The summed E-state index contributed by atoms with van der Waals surface area (Å²) < 4.78 is 0.455. The van der Waals surface area contributed by atoms with Gasteiger partial charge in [-0.2, -0.15) is 0 Å². The molecule has 0 atom stereocenters. The van der Waals surface area contributed by atoms with Crippen LogP contribution >= 0.6 is 12.2 Å². The van der Waals surface area contributed by atoms with E-state index in [0.29, 0.717) is 10.2 Å². The van der Waals surface area contributed by atoms with E-state index in [0.717, 1.165) is 13.1 Å². The second-order valence-corrected chi connectivity index (χ2v) is 4.89. The van der Waals surface area contributed by atoms with E-state index in [-0.39, 0.29) is 5.91 Å². The van der Waals surface area contributed by atoms with Crippen LogP contribution in [0.1, 0.15) is 21.5 Å². The fourth-order valence-corrected chi connectivity index (χ4v) is 2.45. The Kier molecular flexibility index (Phi) is 3.15. The Balaban J connectivity index is 1.73. The molecule has 1 aliphatic heterocycles. The number of hydrazine groups is 1. The highest BCUT2D eigenvalue weighted by atomic mass is 32.1. The predicted octanol–water partition coefficient (Wildman–Crippen LogP) is 2.40. The van der Waals surface area contributed by atoms with Gasteiger partial charge in [0.1, 0.15) is 4.64 Å². The number of H-pyrrole nitrogens is 1. The molecular formula is C14H13N3OS. The van der Waals surface area contributed by atoms with Crippen molar-refractivity contribution in [2.24, 2.45) is 0 Å². The van der Waals surface area contributed by atoms with Gasteiger partial charge in [0.25, 0.3) is 5.91 Å². The number of nitrogens with zero attached hydrogens (tertiary/aromatic N) is 1. The second-order valence-electron chi connectivity index (χ2n) is 4.48. The van der Waals surface area contributed by atoms with Crippen LogP contribution < -0.4 is 5.43 Å². The van der Waals surface area contributed by atoms with Crippen molar-refractivity contribution in [3.63, 3.8) is 0 Å². The molecule has 5 heteroatoms. The van der Waals surface area contributed by atoms with Crippen LogP contribution in [0.2, 0.25) is 0 Å². The predicted molar refractivity (Wildman–Crippen MR) is 74.8 cm³/mol. The van der Waals surface area contributed by atoms with Crippen molar-refractivity contribution in [2.45, 2.75) is 13.1 Å². The lowest BCUT2D eigenvalue weighted by atomic mass is 10.1. The molecule has 2 heterocycles. The third-order valence-electron chi connectivity index (χ3n) is 3.16. The van der Waals surface area contributed by atoms with E-state index in [4.69, 9.17) is 12.2 Å². The van der Waals surface area contributed by atoms with Crippen molar-refractivity contribution in [1.29, 1.82) is 0 Å². The Morgan fingerprint density at radius 3 is 2.47 bits per heavy atom. The molecule has 0 fully saturated rings. The van der Waals surface area contributed by atoms with E-state index < -0.39 is 0 Å². The lowest BCUT2D eigenvalue weighted by Gasteiger charge is -2.16. The molecule has 4 nitrogen and oxygen atoms in total. The van der Waals surface area contributed by atoms with E-state index >= 15 is 0 Å². The summed E-state index contributed by atoms with van der Waals surface area (Å²) in [6.45, 7) is 1.45. The fraction of sp³-hybridized carbons (Fsp3) is 0.143. The molecule has 0 spiro atoms. The van der Waals surface area contributed by atoms with Gasteiger partial charge < -0.3 is 4.98 Å². The van der Waals surface area contributed by atoms with Crippen molar-refractivity contribution in [2.75, 3.05) is 0 Å². The Labute approximate surface area is 116 Å². The zero-order valence-electron chi connectivity index (χ0n) is 10.2. The van der Waals surface area contributed by atoms with Gasteiger partial charge in [-0.15, -0.1) is 0 Å². The maximum atomic E-state index is 12.1. The van der Waals surface area contributed by atoms with E-state index in [1.54, 1.807) is 18.3 Å². The molecule has 3 rings (SSSR count). The number of rotatable bonds is 2. The van der Waals surface area contributed by atoms with Gasteiger partial charge in [-0.3, -0.25) is 10.2 Å². The van der Waals surface area contributed by atoms with Gasteiger partial charge in [0.2, 0.25) is 0 Å². The van der Waals surface area contributed by atoms with Gasteiger partial charge in [0.15, 0.2) is 0 Å². The van der Waals surface area contributed by atoms with Gasteiger partial charge in [0, 0.05) is 19.3 Å².